The molecule has 0 fully saturated rings. The summed E-state index contributed by atoms with van der Waals surface area (Å²) in [5.41, 5.74) is 0.737. The van der Waals surface area contributed by atoms with Crippen molar-refractivity contribution in [3.8, 4) is 17.1 Å². The molecule has 0 atom stereocenters. The molecule has 82 valence electrons. The Morgan fingerprint density at radius 3 is 2.69 bits per heavy atom. The molecule has 0 saturated carbocycles. The second-order valence-electron chi connectivity index (χ2n) is 2.95. The van der Waals surface area contributed by atoms with Crippen molar-refractivity contribution < 1.29 is 4.74 Å². The van der Waals surface area contributed by atoms with E-state index in [1.54, 1.807) is 25.3 Å². The van der Waals surface area contributed by atoms with Crippen LogP contribution in [0.3, 0.4) is 0 Å². The van der Waals surface area contributed by atoms with Crippen molar-refractivity contribution in [3.63, 3.8) is 0 Å². The van der Waals surface area contributed by atoms with Gasteiger partial charge in [-0.1, -0.05) is 23.2 Å². The van der Waals surface area contributed by atoms with Gasteiger partial charge in [0.05, 0.1) is 18.3 Å². The normalized spacial score (nSPS) is 10.2. The molecule has 0 aliphatic carbocycles. The first-order valence-electron chi connectivity index (χ1n) is 4.40. The lowest BCUT2D eigenvalue weighted by molar-refractivity contribution is 0.415. The predicted octanol–water partition coefficient (Wildman–Crippen LogP) is 2.85. The third-order valence-electron chi connectivity index (χ3n) is 1.94. The molecule has 1 heterocycles. The van der Waals surface area contributed by atoms with Crippen molar-refractivity contribution >= 4 is 23.2 Å². The van der Waals surface area contributed by atoms with E-state index in [2.05, 4.69) is 15.2 Å². The molecule has 1 aromatic heterocycles. The van der Waals surface area contributed by atoms with Crippen molar-refractivity contribution in [3.05, 3.63) is 34.6 Å². The Balaban J connectivity index is 2.45. The second kappa shape index (κ2) is 4.63. The van der Waals surface area contributed by atoms with Gasteiger partial charge in [-0.05, 0) is 18.2 Å². The number of hydrogen-bond donors (Lipinski definition) is 0. The average Bonchev–Trinajstić information content (AvgIpc) is 2.29. The van der Waals surface area contributed by atoms with Crippen LogP contribution in [0.4, 0.5) is 0 Å². The highest BCUT2D eigenvalue weighted by Gasteiger charge is 2.06. The number of benzene rings is 1. The molecule has 0 amide bonds. The molecule has 0 aliphatic heterocycles. The molecule has 4 nitrogen and oxygen atoms in total. The van der Waals surface area contributed by atoms with Crippen molar-refractivity contribution in [2.45, 2.75) is 0 Å². The highest BCUT2D eigenvalue weighted by molar-refractivity contribution is 6.32. The fraction of sp³-hybridized carbons (Fsp3) is 0.100. The molecule has 0 bridgehead atoms. The molecule has 0 spiro atoms. The van der Waals surface area contributed by atoms with Crippen molar-refractivity contribution in [1.82, 2.24) is 15.2 Å². The van der Waals surface area contributed by atoms with Crippen LogP contribution in [0, 0.1) is 0 Å². The van der Waals surface area contributed by atoms with Gasteiger partial charge in [0.1, 0.15) is 5.75 Å². The Morgan fingerprint density at radius 2 is 2.06 bits per heavy atom. The van der Waals surface area contributed by atoms with Gasteiger partial charge >= 0.3 is 0 Å². The molecule has 1 aromatic carbocycles. The zero-order valence-electron chi connectivity index (χ0n) is 8.32. The van der Waals surface area contributed by atoms with Crippen LogP contribution in [0.1, 0.15) is 0 Å². The van der Waals surface area contributed by atoms with E-state index in [0.29, 0.717) is 16.6 Å². The first-order chi connectivity index (χ1) is 7.70. The lowest BCUT2D eigenvalue weighted by Gasteiger charge is -2.04. The van der Waals surface area contributed by atoms with E-state index < -0.39 is 0 Å². The SMILES string of the molecule is COc1ccc(-c2nncc(Cl)n2)cc1Cl. The van der Waals surface area contributed by atoms with Gasteiger partial charge in [-0.2, -0.15) is 5.10 Å². The summed E-state index contributed by atoms with van der Waals surface area (Å²) in [5.74, 6) is 1.03. The highest BCUT2D eigenvalue weighted by atomic mass is 35.5. The molecule has 0 aliphatic rings. The van der Waals surface area contributed by atoms with Crippen LogP contribution in [0.15, 0.2) is 24.4 Å². The number of halogens is 2. The summed E-state index contributed by atoms with van der Waals surface area (Å²) in [6, 6.07) is 5.23. The Morgan fingerprint density at radius 1 is 1.25 bits per heavy atom. The van der Waals surface area contributed by atoms with E-state index in [9.17, 15) is 0 Å². The maximum Gasteiger partial charge on any atom is 0.183 e. The van der Waals surface area contributed by atoms with Crippen LogP contribution >= 0.6 is 23.2 Å². The molecule has 0 saturated heterocycles. The van der Waals surface area contributed by atoms with Crippen molar-refractivity contribution in [2.24, 2.45) is 0 Å². The van der Waals surface area contributed by atoms with Crippen LogP contribution in [-0.2, 0) is 0 Å². The summed E-state index contributed by atoms with van der Waals surface area (Å²) in [7, 11) is 1.55. The topological polar surface area (TPSA) is 47.9 Å². The first-order valence-corrected chi connectivity index (χ1v) is 5.15. The summed E-state index contributed by atoms with van der Waals surface area (Å²) in [6.45, 7) is 0. The smallest absolute Gasteiger partial charge is 0.183 e. The minimum Gasteiger partial charge on any atom is -0.495 e. The summed E-state index contributed by atoms with van der Waals surface area (Å²) in [5, 5.41) is 8.35. The zero-order valence-corrected chi connectivity index (χ0v) is 9.83. The van der Waals surface area contributed by atoms with E-state index >= 15 is 0 Å². The maximum atomic E-state index is 5.99. The van der Waals surface area contributed by atoms with Crippen LogP contribution < -0.4 is 4.74 Å². The fourth-order valence-corrected chi connectivity index (χ4v) is 1.59. The molecular formula is C10H7Cl2N3O. The van der Waals surface area contributed by atoms with Gasteiger partial charge in [0.15, 0.2) is 11.0 Å². The number of ether oxygens (including phenoxy) is 1. The largest absolute Gasteiger partial charge is 0.495 e. The van der Waals surface area contributed by atoms with Crippen molar-refractivity contribution in [2.75, 3.05) is 7.11 Å². The lowest BCUT2D eigenvalue weighted by atomic mass is 10.2. The molecule has 0 unspecified atom stereocenters. The Labute approximate surface area is 102 Å². The summed E-state index contributed by atoms with van der Waals surface area (Å²) >= 11 is 11.7. The van der Waals surface area contributed by atoms with Gasteiger partial charge < -0.3 is 4.74 Å². The van der Waals surface area contributed by atoms with Crippen LogP contribution in [0.5, 0.6) is 5.75 Å². The number of aromatic nitrogens is 3. The Kier molecular flexibility index (Phi) is 3.22. The van der Waals surface area contributed by atoms with E-state index in [0.717, 1.165) is 5.56 Å². The van der Waals surface area contributed by atoms with E-state index in [1.165, 1.54) is 6.20 Å². The van der Waals surface area contributed by atoms with E-state index in [1.807, 2.05) is 0 Å². The highest BCUT2D eigenvalue weighted by Crippen LogP contribution is 2.28. The van der Waals surface area contributed by atoms with Crippen LogP contribution in [0.25, 0.3) is 11.4 Å². The van der Waals surface area contributed by atoms with Crippen LogP contribution in [-0.4, -0.2) is 22.3 Å². The molecule has 6 heteroatoms. The van der Waals surface area contributed by atoms with E-state index in [-0.39, 0.29) is 5.15 Å². The van der Waals surface area contributed by atoms with Gasteiger partial charge in [0.25, 0.3) is 0 Å². The summed E-state index contributed by atoms with van der Waals surface area (Å²) in [4.78, 5) is 4.03. The molecule has 2 aromatic rings. The lowest BCUT2D eigenvalue weighted by Crippen LogP contribution is -1.92. The predicted molar refractivity (Wildman–Crippen MR) is 61.8 cm³/mol. The van der Waals surface area contributed by atoms with Gasteiger partial charge in [0, 0.05) is 5.56 Å². The molecule has 2 rings (SSSR count). The Hall–Kier alpha value is -1.39. The van der Waals surface area contributed by atoms with Gasteiger partial charge in [-0.25, -0.2) is 4.98 Å². The fourth-order valence-electron chi connectivity index (χ4n) is 1.21. The van der Waals surface area contributed by atoms with Gasteiger partial charge in [-0.3, -0.25) is 0 Å². The number of methoxy groups -OCH3 is 1. The molecule has 16 heavy (non-hydrogen) atoms. The van der Waals surface area contributed by atoms with Crippen molar-refractivity contribution in [1.29, 1.82) is 0 Å². The number of hydrogen-bond acceptors (Lipinski definition) is 4. The Bertz CT molecular complexity index is 519. The monoisotopic (exact) mass is 255 g/mol. The summed E-state index contributed by atoms with van der Waals surface area (Å²) < 4.78 is 5.05. The second-order valence-corrected chi connectivity index (χ2v) is 3.75. The molecular weight excluding hydrogens is 249 g/mol. The molecule has 0 N–H and O–H groups in total. The maximum absolute atomic E-state index is 5.99. The number of nitrogens with zero attached hydrogens (tertiary/aromatic N) is 3. The first kappa shape index (κ1) is 11.1. The number of rotatable bonds is 2. The summed E-state index contributed by atoms with van der Waals surface area (Å²) in [6.07, 6.45) is 1.37. The third kappa shape index (κ3) is 2.23. The van der Waals surface area contributed by atoms with Gasteiger partial charge in [0.2, 0.25) is 0 Å². The third-order valence-corrected chi connectivity index (χ3v) is 2.42. The minimum atomic E-state index is 0.289. The minimum absolute atomic E-state index is 0.289. The average molecular weight is 256 g/mol. The standard InChI is InChI=1S/C10H7Cl2N3O/c1-16-8-3-2-6(4-7(8)11)10-14-9(12)5-13-15-10/h2-5H,1H3. The quantitative estimate of drug-likeness (QED) is 0.828. The zero-order chi connectivity index (χ0) is 11.5. The van der Waals surface area contributed by atoms with Crippen LogP contribution in [0.2, 0.25) is 10.2 Å². The van der Waals surface area contributed by atoms with Gasteiger partial charge in [-0.15, -0.1) is 5.10 Å². The molecule has 0 radical (unpaired) electrons. The van der Waals surface area contributed by atoms with E-state index in [4.69, 9.17) is 27.9 Å².